The molecule has 192 valence electrons. The van der Waals surface area contributed by atoms with Crippen LogP contribution in [0.15, 0.2) is 24.4 Å². The summed E-state index contributed by atoms with van der Waals surface area (Å²) in [6, 6.07) is 5.12. The van der Waals surface area contributed by atoms with Gasteiger partial charge in [0.15, 0.2) is 5.13 Å². The second kappa shape index (κ2) is 10.2. The van der Waals surface area contributed by atoms with Crippen molar-refractivity contribution >= 4 is 51.8 Å². The zero-order valence-electron chi connectivity index (χ0n) is 20.1. The van der Waals surface area contributed by atoms with Crippen LogP contribution < -0.4 is 15.5 Å². The molecule has 1 atom stereocenters. The number of amides is 4. The summed E-state index contributed by atoms with van der Waals surface area (Å²) in [4.78, 5) is 47.4. The number of likely N-dealkylation sites (tertiary alicyclic amines) is 2. The maximum absolute atomic E-state index is 13.2. The number of anilines is 2. The monoisotopic (exact) mass is 532 g/mol. The van der Waals surface area contributed by atoms with E-state index in [0.717, 1.165) is 30.8 Å². The molecule has 3 saturated heterocycles. The molecular weight excluding hydrogens is 504 g/mol. The van der Waals surface area contributed by atoms with Crippen molar-refractivity contribution in [1.82, 2.24) is 20.1 Å². The molecule has 4 aliphatic heterocycles. The third-order valence-electron chi connectivity index (χ3n) is 7.09. The van der Waals surface area contributed by atoms with Gasteiger partial charge in [-0.25, -0.2) is 14.6 Å². The maximum atomic E-state index is 13.2. The van der Waals surface area contributed by atoms with Crippen LogP contribution >= 0.6 is 22.9 Å². The first-order chi connectivity index (χ1) is 17.4. The molecule has 1 aromatic heterocycles. The molecule has 0 bridgehead atoms. The molecule has 0 radical (unpaired) electrons. The Morgan fingerprint density at radius 2 is 1.89 bits per heavy atom. The van der Waals surface area contributed by atoms with E-state index in [0.29, 0.717) is 41.1 Å². The predicted octanol–water partition coefficient (Wildman–Crippen LogP) is 3.38. The first kappa shape index (κ1) is 24.8. The molecule has 6 rings (SSSR count). The number of nitrogens with zero attached hydrogens (tertiary/aromatic N) is 4. The van der Waals surface area contributed by atoms with Gasteiger partial charge in [0.1, 0.15) is 4.88 Å². The average molecular weight is 533 g/mol. The number of carbonyl (C=O) groups excluding carboxylic acids is 3. The molecule has 1 aromatic carbocycles. The number of urea groups is 1. The summed E-state index contributed by atoms with van der Waals surface area (Å²) in [5, 5.41) is 6.89. The zero-order valence-corrected chi connectivity index (χ0v) is 21.7. The molecule has 10 nitrogen and oxygen atoms in total. The highest BCUT2D eigenvalue weighted by Gasteiger charge is 2.50. The van der Waals surface area contributed by atoms with Crippen LogP contribution in [0.4, 0.5) is 20.4 Å². The van der Waals surface area contributed by atoms with Crippen LogP contribution in [0.3, 0.4) is 0 Å². The van der Waals surface area contributed by atoms with Crippen molar-refractivity contribution in [2.75, 3.05) is 63.1 Å². The van der Waals surface area contributed by atoms with E-state index >= 15 is 0 Å². The van der Waals surface area contributed by atoms with Crippen molar-refractivity contribution in [2.45, 2.75) is 24.7 Å². The number of fused-ring (bicyclic) bond motifs is 2. The summed E-state index contributed by atoms with van der Waals surface area (Å²) in [7, 11) is 1.36. The third kappa shape index (κ3) is 4.74. The van der Waals surface area contributed by atoms with Crippen molar-refractivity contribution in [3.8, 4) is 0 Å². The number of hydrogen-bond acceptors (Lipinski definition) is 7. The smallest absolute Gasteiger partial charge is 0.409 e. The number of benzene rings is 1. The van der Waals surface area contributed by atoms with Crippen LogP contribution in [-0.2, 0) is 10.2 Å². The Morgan fingerprint density at radius 3 is 2.53 bits per heavy atom. The van der Waals surface area contributed by atoms with E-state index in [1.54, 1.807) is 20.8 Å². The molecule has 5 heterocycles. The first-order valence-electron chi connectivity index (χ1n) is 12.1. The second-order valence-electron chi connectivity index (χ2n) is 9.38. The fourth-order valence-electron chi connectivity index (χ4n) is 4.77. The van der Waals surface area contributed by atoms with Crippen LogP contribution in [0.2, 0.25) is 5.02 Å². The van der Waals surface area contributed by atoms with Gasteiger partial charge in [0, 0.05) is 48.8 Å². The Balaban J connectivity index is 0.000000608. The fraction of sp³-hybridized carbons (Fsp3) is 0.500. The molecule has 36 heavy (non-hydrogen) atoms. The number of ether oxygens (including phenoxy) is 1. The minimum absolute atomic E-state index is 0.0526. The number of halogens is 1. The number of aromatic nitrogens is 1. The van der Waals surface area contributed by atoms with Crippen LogP contribution in [0.1, 0.15) is 34.5 Å². The molecule has 3 fully saturated rings. The fourth-order valence-corrected chi connectivity index (χ4v) is 5.72. The molecule has 4 amide bonds. The zero-order chi connectivity index (χ0) is 25.3. The molecule has 0 aliphatic carbocycles. The van der Waals surface area contributed by atoms with Crippen molar-refractivity contribution < 1.29 is 19.1 Å². The van der Waals surface area contributed by atoms with Crippen LogP contribution in [-0.4, -0.2) is 85.7 Å². The van der Waals surface area contributed by atoms with Crippen LogP contribution in [0.5, 0.6) is 0 Å². The standard InChI is InChI=1S/C21H22ClN5O4S.C3H7N/c1-31-20(30)26-8-5-21(11-26)12-27(15-4-3-13(22)9-14(15)21)19(29)24-18-23-10-16(32-18)17(28)25-6-2-7-25;1-2-4-3-1/h3-4,9-10H,2,5-8,11-12H2,1H3,(H,23,24,29);4H,1-3H2. The van der Waals surface area contributed by atoms with E-state index < -0.39 is 5.41 Å². The van der Waals surface area contributed by atoms with E-state index in [2.05, 4.69) is 15.6 Å². The minimum atomic E-state index is -0.409. The van der Waals surface area contributed by atoms with Gasteiger partial charge in [-0.2, -0.15) is 0 Å². The second-order valence-corrected chi connectivity index (χ2v) is 10.8. The molecule has 2 N–H and O–H groups in total. The Morgan fingerprint density at radius 1 is 1.14 bits per heavy atom. The first-order valence-corrected chi connectivity index (χ1v) is 13.3. The van der Waals surface area contributed by atoms with Crippen molar-refractivity contribution in [3.05, 3.63) is 39.9 Å². The van der Waals surface area contributed by atoms with Gasteiger partial charge in [0.2, 0.25) is 0 Å². The normalized spacial score (nSPS) is 21.8. The lowest BCUT2D eigenvalue weighted by atomic mass is 9.81. The van der Waals surface area contributed by atoms with Gasteiger partial charge in [-0.05, 0) is 56.1 Å². The van der Waals surface area contributed by atoms with Crippen LogP contribution in [0.25, 0.3) is 0 Å². The maximum Gasteiger partial charge on any atom is 0.409 e. The number of hydrogen-bond donors (Lipinski definition) is 2. The topological polar surface area (TPSA) is 107 Å². The van der Waals surface area contributed by atoms with Crippen LogP contribution in [0, 0.1) is 0 Å². The van der Waals surface area contributed by atoms with Gasteiger partial charge in [-0.15, -0.1) is 0 Å². The summed E-state index contributed by atoms with van der Waals surface area (Å²) < 4.78 is 4.88. The van der Waals surface area contributed by atoms with Gasteiger partial charge >= 0.3 is 12.1 Å². The quantitative estimate of drug-likeness (QED) is 0.614. The minimum Gasteiger partial charge on any atom is -0.453 e. The van der Waals surface area contributed by atoms with Crippen molar-refractivity contribution in [3.63, 3.8) is 0 Å². The van der Waals surface area contributed by atoms with Gasteiger partial charge in [-0.1, -0.05) is 22.9 Å². The molecular formula is C24H29ClN6O4S. The predicted molar refractivity (Wildman–Crippen MR) is 138 cm³/mol. The lowest BCUT2D eigenvalue weighted by Crippen LogP contribution is -2.41. The molecule has 1 spiro atoms. The molecule has 2 aromatic rings. The average Bonchev–Trinajstić information content (AvgIpc) is 3.50. The van der Waals surface area contributed by atoms with E-state index in [-0.39, 0.29) is 18.0 Å². The molecule has 12 heteroatoms. The SMILES string of the molecule is C1CNC1.COC(=O)N1CCC2(C1)CN(C(=O)Nc1ncc(C(=O)N3CCC3)s1)c1ccc(Cl)cc12. The highest BCUT2D eigenvalue weighted by atomic mass is 35.5. The number of methoxy groups -OCH3 is 1. The number of carbonyl (C=O) groups is 3. The van der Waals surface area contributed by atoms with E-state index in [4.69, 9.17) is 16.3 Å². The Kier molecular flexibility index (Phi) is 7.05. The van der Waals surface area contributed by atoms with Gasteiger partial charge in [0.05, 0.1) is 13.3 Å². The highest BCUT2D eigenvalue weighted by molar-refractivity contribution is 7.17. The molecule has 0 saturated carbocycles. The Bertz CT molecular complexity index is 1160. The Hall–Kier alpha value is -2.89. The Labute approximate surface area is 218 Å². The van der Waals surface area contributed by atoms with E-state index in [9.17, 15) is 14.4 Å². The summed E-state index contributed by atoms with van der Waals surface area (Å²) in [5.74, 6) is -0.0526. The lowest BCUT2D eigenvalue weighted by Gasteiger charge is -2.30. The third-order valence-corrected chi connectivity index (χ3v) is 8.23. The highest BCUT2D eigenvalue weighted by Crippen LogP contribution is 2.47. The van der Waals surface area contributed by atoms with Gasteiger partial charge < -0.3 is 19.9 Å². The summed E-state index contributed by atoms with van der Waals surface area (Å²) >= 11 is 7.44. The number of nitrogens with one attached hydrogen (secondary N) is 2. The largest absolute Gasteiger partial charge is 0.453 e. The molecule has 4 aliphatic rings. The summed E-state index contributed by atoms with van der Waals surface area (Å²) in [6.45, 7) is 5.42. The summed E-state index contributed by atoms with van der Waals surface area (Å²) in [5.41, 5.74) is 1.29. The van der Waals surface area contributed by atoms with Gasteiger partial charge in [0.25, 0.3) is 5.91 Å². The van der Waals surface area contributed by atoms with Crippen molar-refractivity contribution in [1.29, 1.82) is 0 Å². The molecule has 1 unspecified atom stereocenters. The number of rotatable bonds is 2. The van der Waals surface area contributed by atoms with Gasteiger partial charge in [-0.3, -0.25) is 15.0 Å². The van der Waals surface area contributed by atoms with Crippen molar-refractivity contribution in [2.24, 2.45) is 0 Å². The number of thiazole rings is 1. The van der Waals surface area contributed by atoms with E-state index in [1.807, 2.05) is 12.1 Å². The summed E-state index contributed by atoms with van der Waals surface area (Å²) in [6.07, 6.45) is 4.23. The lowest BCUT2D eigenvalue weighted by molar-refractivity contribution is 0.0656. The van der Waals surface area contributed by atoms with E-state index in [1.165, 1.54) is 44.2 Å².